The van der Waals surface area contributed by atoms with E-state index in [1.54, 1.807) is 0 Å². The van der Waals surface area contributed by atoms with Crippen molar-refractivity contribution in [1.82, 2.24) is 4.98 Å². The number of hydrogen-bond acceptors (Lipinski definition) is 3. The van der Waals surface area contributed by atoms with Gasteiger partial charge in [-0.2, -0.15) is 0 Å². The Morgan fingerprint density at radius 1 is 1.62 bits per heavy atom. The van der Waals surface area contributed by atoms with Crippen molar-refractivity contribution >= 4 is 12.1 Å². The highest BCUT2D eigenvalue weighted by molar-refractivity contribution is 5.78. The Balaban J connectivity index is 3.38. The van der Waals surface area contributed by atoms with Crippen LogP contribution in [0.5, 0.6) is 0 Å². The lowest BCUT2D eigenvalue weighted by molar-refractivity contribution is 0.112. The third-order valence-corrected chi connectivity index (χ3v) is 1.80. The third-order valence-electron chi connectivity index (χ3n) is 1.80. The third kappa shape index (κ3) is 1.63. The van der Waals surface area contributed by atoms with Crippen LogP contribution in [0.4, 0.5) is 14.6 Å². The molecule has 13 heavy (non-hydrogen) atoms. The lowest BCUT2D eigenvalue weighted by Crippen LogP contribution is -2.03. The van der Waals surface area contributed by atoms with E-state index >= 15 is 0 Å². The van der Waals surface area contributed by atoms with Crippen molar-refractivity contribution in [1.29, 1.82) is 0 Å². The van der Waals surface area contributed by atoms with Crippen molar-refractivity contribution in [2.45, 2.75) is 13.3 Å². The number of hydrogen-bond donors (Lipinski definition) is 1. The van der Waals surface area contributed by atoms with Gasteiger partial charge >= 0.3 is 0 Å². The van der Waals surface area contributed by atoms with E-state index < -0.39 is 6.43 Å². The number of nitrogens with two attached hydrogens (primary N) is 1. The number of rotatable bonds is 2. The molecule has 1 aromatic heterocycles. The van der Waals surface area contributed by atoms with Crippen molar-refractivity contribution < 1.29 is 13.6 Å². The summed E-state index contributed by atoms with van der Waals surface area (Å²) in [6.07, 6.45) is -1.04. The molecule has 70 valence electrons. The Kier molecular flexibility index (Phi) is 2.55. The van der Waals surface area contributed by atoms with Crippen LogP contribution in [0.3, 0.4) is 0 Å². The van der Waals surface area contributed by atoms with E-state index in [1.165, 1.54) is 13.1 Å². The van der Waals surface area contributed by atoms with E-state index in [0.29, 0.717) is 6.29 Å². The van der Waals surface area contributed by atoms with Crippen molar-refractivity contribution in [2.75, 3.05) is 5.73 Å². The van der Waals surface area contributed by atoms with Crippen LogP contribution in [-0.4, -0.2) is 11.3 Å². The van der Waals surface area contributed by atoms with E-state index in [1.807, 2.05) is 0 Å². The molecule has 0 aliphatic carbocycles. The molecule has 0 unspecified atom stereocenters. The number of pyridine rings is 1. The maximum atomic E-state index is 12.4. The van der Waals surface area contributed by atoms with Crippen molar-refractivity contribution in [3.63, 3.8) is 0 Å². The van der Waals surface area contributed by atoms with E-state index in [2.05, 4.69) is 4.98 Å². The average Bonchev–Trinajstić information content (AvgIpc) is 2.04. The first-order chi connectivity index (χ1) is 6.07. The average molecular weight is 186 g/mol. The smallest absolute Gasteiger partial charge is 0.267 e. The summed E-state index contributed by atoms with van der Waals surface area (Å²) in [4.78, 5) is 13.9. The molecule has 2 N–H and O–H groups in total. The fourth-order valence-corrected chi connectivity index (χ4v) is 1.05. The topological polar surface area (TPSA) is 56.0 Å². The van der Waals surface area contributed by atoms with E-state index in [4.69, 9.17) is 5.73 Å². The second-order valence-corrected chi connectivity index (χ2v) is 2.56. The molecule has 0 fully saturated rings. The number of aromatic nitrogens is 1. The highest BCUT2D eigenvalue weighted by Crippen LogP contribution is 2.27. The van der Waals surface area contributed by atoms with E-state index in [-0.39, 0.29) is 22.5 Å². The zero-order valence-corrected chi connectivity index (χ0v) is 6.92. The number of carbonyl (C=O) groups is 1. The molecule has 0 radical (unpaired) electrons. The molecular weight excluding hydrogens is 178 g/mol. The number of nitrogen functional groups attached to an aromatic ring is 1. The lowest BCUT2D eigenvalue weighted by atomic mass is 10.1. The molecule has 0 bridgehead atoms. The molecule has 0 aliphatic rings. The van der Waals surface area contributed by atoms with Crippen LogP contribution < -0.4 is 5.73 Å². The Hall–Kier alpha value is -1.52. The maximum absolute atomic E-state index is 12.4. The summed E-state index contributed by atoms with van der Waals surface area (Å²) in [6.45, 7) is 1.42. The molecule has 0 saturated carbocycles. The SMILES string of the molecule is Cc1c(C=O)cnc(N)c1C(F)F. The van der Waals surface area contributed by atoms with Crippen molar-refractivity contribution in [2.24, 2.45) is 0 Å². The zero-order valence-electron chi connectivity index (χ0n) is 6.92. The molecule has 0 aromatic carbocycles. The molecule has 1 heterocycles. The predicted molar refractivity (Wildman–Crippen MR) is 43.7 cm³/mol. The Morgan fingerprint density at radius 2 is 2.23 bits per heavy atom. The van der Waals surface area contributed by atoms with E-state index in [9.17, 15) is 13.6 Å². The van der Waals surface area contributed by atoms with Crippen LogP contribution >= 0.6 is 0 Å². The van der Waals surface area contributed by atoms with Gasteiger partial charge in [-0.05, 0) is 12.5 Å². The monoisotopic (exact) mass is 186 g/mol. The molecule has 5 heteroatoms. The van der Waals surface area contributed by atoms with Gasteiger partial charge in [-0.25, -0.2) is 13.8 Å². The summed E-state index contributed by atoms with van der Waals surface area (Å²) in [7, 11) is 0. The van der Waals surface area contributed by atoms with Crippen LogP contribution in [-0.2, 0) is 0 Å². The Labute approximate surface area is 73.6 Å². The minimum absolute atomic E-state index is 0.143. The number of alkyl halides is 2. The summed E-state index contributed by atoms with van der Waals surface area (Å²) in [5, 5.41) is 0. The summed E-state index contributed by atoms with van der Waals surface area (Å²) < 4.78 is 24.7. The van der Waals surface area contributed by atoms with Crippen LogP contribution in [0.1, 0.15) is 27.9 Å². The summed E-state index contributed by atoms with van der Waals surface area (Å²) in [5.74, 6) is -0.224. The first kappa shape index (κ1) is 9.57. The molecule has 0 atom stereocenters. The van der Waals surface area contributed by atoms with Crippen LogP contribution in [0.2, 0.25) is 0 Å². The van der Waals surface area contributed by atoms with Crippen LogP contribution in [0.25, 0.3) is 0 Å². The first-order valence-electron chi connectivity index (χ1n) is 3.56. The van der Waals surface area contributed by atoms with Gasteiger partial charge in [-0.3, -0.25) is 4.79 Å². The second kappa shape index (κ2) is 3.47. The van der Waals surface area contributed by atoms with Crippen molar-refractivity contribution in [3.05, 3.63) is 22.9 Å². The molecule has 0 amide bonds. The van der Waals surface area contributed by atoms with Gasteiger partial charge in [0.05, 0.1) is 5.56 Å². The van der Waals surface area contributed by atoms with Crippen LogP contribution in [0.15, 0.2) is 6.20 Å². The van der Waals surface area contributed by atoms with Gasteiger partial charge < -0.3 is 5.73 Å². The minimum atomic E-state index is -2.70. The normalized spacial score (nSPS) is 10.5. The van der Waals surface area contributed by atoms with Gasteiger partial charge in [0.2, 0.25) is 0 Å². The van der Waals surface area contributed by atoms with Gasteiger partial charge in [0, 0.05) is 11.8 Å². The maximum Gasteiger partial charge on any atom is 0.267 e. The molecule has 3 nitrogen and oxygen atoms in total. The van der Waals surface area contributed by atoms with Crippen molar-refractivity contribution in [3.8, 4) is 0 Å². The highest BCUT2D eigenvalue weighted by atomic mass is 19.3. The molecule has 1 aromatic rings. The minimum Gasteiger partial charge on any atom is -0.383 e. The first-order valence-corrected chi connectivity index (χ1v) is 3.56. The molecule has 0 aliphatic heterocycles. The summed E-state index contributed by atoms with van der Waals surface area (Å²) in [6, 6.07) is 0. The molecular formula is C8H8F2N2O. The quantitative estimate of drug-likeness (QED) is 0.715. The number of carbonyl (C=O) groups excluding carboxylic acids is 1. The zero-order chi connectivity index (χ0) is 10.0. The fourth-order valence-electron chi connectivity index (χ4n) is 1.05. The highest BCUT2D eigenvalue weighted by Gasteiger charge is 2.17. The number of anilines is 1. The second-order valence-electron chi connectivity index (χ2n) is 2.56. The van der Waals surface area contributed by atoms with Gasteiger partial charge in [0.1, 0.15) is 5.82 Å². The molecule has 0 saturated heterocycles. The molecule has 1 rings (SSSR count). The van der Waals surface area contributed by atoms with E-state index in [0.717, 1.165) is 0 Å². The summed E-state index contributed by atoms with van der Waals surface area (Å²) >= 11 is 0. The Bertz CT molecular complexity index is 339. The number of nitrogens with zero attached hydrogens (tertiary/aromatic N) is 1. The van der Waals surface area contributed by atoms with Gasteiger partial charge in [-0.15, -0.1) is 0 Å². The standard InChI is InChI=1S/C8H8F2N2O/c1-4-5(3-13)2-12-8(11)6(4)7(9)10/h2-3,7H,1H3,(H2,11,12). The fraction of sp³-hybridized carbons (Fsp3) is 0.250. The predicted octanol–water partition coefficient (Wildman–Crippen LogP) is 1.72. The van der Waals surface area contributed by atoms with Gasteiger partial charge in [0.25, 0.3) is 6.43 Å². The van der Waals surface area contributed by atoms with Gasteiger partial charge in [0.15, 0.2) is 6.29 Å². The number of halogens is 2. The molecule has 0 spiro atoms. The van der Waals surface area contributed by atoms with Crippen LogP contribution in [0, 0.1) is 6.92 Å². The number of aldehydes is 1. The largest absolute Gasteiger partial charge is 0.383 e. The van der Waals surface area contributed by atoms with Gasteiger partial charge in [-0.1, -0.05) is 0 Å². The summed E-state index contributed by atoms with van der Waals surface area (Å²) in [5.41, 5.74) is 5.22. The lowest BCUT2D eigenvalue weighted by Gasteiger charge is -2.08. The Morgan fingerprint density at radius 3 is 2.69 bits per heavy atom.